The van der Waals surface area contributed by atoms with Gasteiger partial charge in [0.1, 0.15) is 5.82 Å². The average molecular weight is 211 g/mol. The van der Waals surface area contributed by atoms with Crippen LogP contribution in [0.2, 0.25) is 0 Å². The standard InChI is InChI=1S/C9H13N3OS/c13-9-5-7(14)6-12(9)4-1-8-10-2-3-11-8/h2-3,7,14H,1,4-6H2,(H,10,11). The molecule has 1 amide bonds. The van der Waals surface area contributed by atoms with Gasteiger partial charge in [-0.2, -0.15) is 12.6 Å². The number of thiol groups is 1. The summed E-state index contributed by atoms with van der Waals surface area (Å²) in [5, 5.41) is 0.208. The second-order valence-corrected chi connectivity index (χ2v) is 4.21. The maximum Gasteiger partial charge on any atom is 0.223 e. The summed E-state index contributed by atoms with van der Waals surface area (Å²) >= 11 is 4.29. The van der Waals surface area contributed by atoms with Crippen LogP contribution in [0.1, 0.15) is 12.2 Å². The summed E-state index contributed by atoms with van der Waals surface area (Å²) in [5.41, 5.74) is 0. The van der Waals surface area contributed by atoms with E-state index in [0.717, 1.165) is 25.3 Å². The Kier molecular flexibility index (Phi) is 2.77. The van der Waals surface area contributed by atoms with Crippen LogP contribution in [-0.4, -0.2) is 39.1 Å². The predicted molar refractivity (Wildman–Crippen MR) is 56.3 cm³/mol. The van der Waals surface area contributed by atoms with Crippen LogP contribution in [0.15, 0.2) is 12.4 Å². The molecule has 0 spiro atoms. The van der Waals surface area contributed by atoms with E-state index in [1.165, 1.54) is 0 Å². The van der Waals surface area contributed by atoms with Crippen molar-refractivity contribution in [3.63, 3.8) is 0 Å². The minimum Gasteiger partial charge on any atom is -0.349 e. The largest absolute Gasteiger partial charge is 0.349 e. The minimum atomic E-state index is 0.205. The molecule has 76 valence electrons. The van der Waals surface area contributed by atoms with Gasteiger partial charge in [0.25, 0.3) is 0 Å². The number of likely N-dealkylation sites (tertiary alicyclic amines) is 1. The fourth-order valence-electron chi connectivity index (χ4n) is 1.64. The molecular formula is C9H13N3OS. The summed E-state index contributed by atoms with van der Waals surface area (Å²) in [6, 6.07) is 0. The number of hydrogen-bond acceptors (Lipinski definition) is 3. The SMILES string of the molecule is O=C1CC(S)CN1CCc1ncc[nH]1. The summed E-state index contributed by atoms with van der Waals surface area (Å²) in [6.07, 6.45) is 4.88. The Morgan fingerprint density at radius 3 is 3.14 bits per heavy atom. The molecule has 1 aliphatic heterocycles. The van der Waals surface area contributed by atoms with E-state index in [9.17, 15) is 4.79 Å². The van der Waals surface area contributed by atoms with E-state index < -0.39 is 0 Å². The molecule has 0 aliphatic carbocycles. The zero-order valence-electron chi connectivity index (χ0n) is 7.81. The Balaban J connectivity index is 1.84. The summed E-state index contributed by atoms with van der Waals surface area (Å²) in [7, 11) is 0. The van der Waals surface area contributed by atoms with Crippen LogP contribution in [-0.2, 0) is 11.2 Å². The van der Waals surface area contributed by atoms with Gasteiger partial charge >= 0.3 is 0 Å². The molecule has 4 nitrogen and oxygen atoms in total. The summed E-state index contributed by atoms with van der Waals surface area (Å²) in [6.45, 7) is 1.51. The van der Waals surface area contributed by atoms with Gasteiger partial charge in [0.2, 0.25) is 5.91 Å². The van der Waals surface area contributed by atoms with E-state index in [1.54, 1.807) is 12.4 Å². The number of aromatic nitrogens is 2. The van der Waals surface area contributed by atoms with E-state index in [2.05, 4.69) is 22.6 Å². The van der Waals surface area contributed by atoms with Gasteiger partial charge in [-0.25, -0.2) is 4.98 Å². The summed E-state index contributed by atoms with van der Waals surface area (Å²) in [5.74, 6) is 1.14. The highest BCUT2D eigenvalue weighted by atomic mass is 32.1. The van der Waals surface area contributed by atoms with Gasteiger partial charge < -0.3 is 9.88 Å². The van der Waals surface area contributed by atoms with Gasteiger partial charge in [0.15, 0.2) is 0 Å². The molecule has 1 aromatic heterocycles. The van der Waals surface area contributed by atoms with E-state index in [4.69, 9.17) is 0 Å². The van der Waals surface area contributed by atoms with Crippen molar-refractivity contribution in [3.8, 4) is 0 Å². The van der Waals surface area contributed by atoms with Crippen LogP contribution >= 0.6 is 12.6 Å². The molecule has 0 aromatic carbocycles. The molecule has 1 fully saturated rings. The summed E-state index contributed by atoms with van der Waals surface area (Å²) in [4.78, 5) is 20.4. The smallest absolute Gasteiger partial charge is 0.223 e. The molecule has 1 unspecified atom stereocenters. The highest BCUT2D eigenvalue weighted by Crippen LogP contribution is 2.15. The minimum absolute atomic E-state index is 0.205. The van der Waals surface area contributed by atoms with Gasteiger partial charge in [0.05, 0.1) is 0 Å². The number of aromatic amines is 1. The Labute approximate surface area is 88.1 Å². The third kappa shape index (κ3) is 2.09. The first kappa shape index (κ1) is 9.58. The second kappa shape index (κ2) is 4.04. The number of H-pyrrole nitrogens is 1. The van der Waals surface area contributed by atoms with Crippen LogP contribution in [0.5, 0.6) is 0 Å². The fourth-order valence-corrected chi connectivity index (χ4v) is 2.00. The van der Waals surface area contributed by atoms with Gasteiger partial charge in [-0.1, -0.05) is 0 Å². The van der Waals surface area contributed by atoms with Crippen molar-refractivity contribution >= 4 is 18.5 Å². The molecule has 5 heteroatoms. The molecule has 1 atom stereocenters. The van der Waals surface area contributed by atoms with Crippen molar-refractivity contribution in [3.05, 3.63) is 18.2 Å². The van der Waals surface area contributed by atoms with Crippen molar-refractivity contribution in [2.24, 2.45) is 0 Å². The normalized spacial score (nSPS) is 21.9. The van der Waals surface area contributed by atoms with Crippen molar-refractivity contribution in [1.82, 2.24) is 14.9 Å². The average Bonchev–Trinajstić information content (AvgIpc) is 2.72. The predicted octanol–water partition coefficient (Wildman–Crippen LogP) is 0.483. The lowest BCUT2D eigenvalue weighted by Gasteiger charge is -2.14. The van der Waals surface area contributed by atoms with Crippen molar-refractivity contribution < 1.29 is 4.79 Å². The lowest BCUT2D eigenvalue weighted by atomic mass is 10.4. The van der Waals surface area contributed by atoms with E-state index in [1.807, 2.05) is 4.90 Å². The highest BCUT2D eigenvalue weighted by Gasteiger charge is 2.26. The number of rotatable bonds is 3. The lowest BCUT2D eigenvalue weighted by molar-refractivity contribution is -0.127. The quantitative estimate of drug-likeness (QED) is 0.715. The first-order chi connectivity index (χ1) is 6.75. The van der Waals surface area contributed by atoms with Crippen LogP contribution in [0, 0.1) is 0 Å². The fraction of sp³-hybridized carbons (Fsp3) is 0.556. The van der Waals surface area contributed by atoms with E-state index >= 15 is 0 Å². The number of nitrogens with one attached hydrogen (secondary N) is 1. The molecule has 1 N–H and O–H groups in total. The molecule has 14 heavy (non-hydrogen) atoms. The van der Waals surface area contributed by atoms with Crippen molar-refractivity contribution in [2.45, 2.75) is 18.1 Å². The van der Waals surface area contributed by atoms with E-state index in [-0.39, 0.29) is 11.2 Å². The molecule has 1 aromatic rings. The second-order valence-electron chi connectivity index (χ2n) is 3.48. The number of carbonyl (C=O) groups is 1. The van der Waals surface area contributed by atoms with Crippen molar-refractivity contribution in [2.75, 3.05) is 13.1 Å². The third-order valence-electron chi connectivity index (χ3n) is 2.37. The van der Waals surface area contributed by atoms with Gasteiger partial charge in [-0.15, -0.1) is 0 Å². The molecule has 1 saturated heterocycles. The Morgan fingerprint density at radius 1 is 1.71 bits per heavy atom. The topological polar surface area (TPSA) is 49.0 Å². The molecule has 1 aliphatic rings. The maximum absolute atomic E-state index is 11.4. The number of nitrogens with zero attached hydrogens (tertiary/aromatic N) is 2. The molecule has 0 saturated carbocycles. The number of imidazole rings is 1. The van der Waals surface area contributed by atoms with Crippen LogP contribution in [0.3, 0.4) is 0 Å². The molecular weight excluding hydrogens is 198 g/mol. The number of amides is 1. The molecule has 0 bridgehead atoms. The Morgan fingerprint density at radius 2 is 2.57 bits per heavy atom. The zero-order chi connectivity index (χ0) is 9.97. The number of hydrogen-bond donors (Lipinski definition) is 2. The zero-order valence-corrected chi connectivity index (χ0v) is 8.70. The first-order valence-electron chi connectivity index (χ1n) is 4.70. The van der Waals surface area contributed by atoms with Crippen molar-refractivity contribution in [1.29, 1.82) is 0 Å². The molecule has 0 radical (unpaired) electrons. The van der Waals surface area contributed by atoms with Gasteiger partial charge in [-0.05, 0) is 0 Å². The number of carbonyl (C=O) groups excluding carboxylic acids is 1. The van der Waals surface area contributed by atoms with E-state index in [0.29, 0.717) is 6.42 Å². The van der Waals surface area contributed by atoms with Crippen LogP contribution < -0.4 is 0 Å². The first-order valence-corrected chi connectivity index (χ1v) is 5.21. The monoisotopic (exact) mass is 211 g/mol. The highest BCUT2D eigenvalue weighted by molar-refractivity contribution is 7.81. The molecule has 2 rings (SSSR count). The van der Waals surface area contributed by atoms with Gasteiger partial charge in [0, 0.05) is 43.6 Å². The van der Waals surface area contributed by atoms with Crippen LogP contribution in [0.4, 0.5) is 0 Å². The molecule has 2 heterocycles. The van der Waals surface area contributed by atoms with Gasteiger partial charge in [-0.3, -0.25) is 4.79 Å². The third-order valence-corrected chi connectivity index (χ3v) is 2.71. The van der Waals surface area contributed by atoms with Crippen LogP contribution in [0.25, 0.3) is 0 Å². The Hall–Kier alpha value is -0.970. The lowest BCUT2D eigenvalue weighted by Crippen LogP contribution is -2.27. The maximum atomic E-state index is 11.4. The summed E-state index contributed by atoms with van der Waals surface area (Å²) < 4.78 is 0. The Bertz CT molecular complexity index is 312.